The van der Waals surface area contributed by atoms with Gasteiger partial charge in [0.15, 0.2) is 6.29 Å². The third-order valence-corrected chi connectivity index (χ3v) is 6.39. The van der Waals surface area contributed by atoms with Crippen LogP contribution in [0.3, 0.4) is 0 Å². The van der Waals surface area contributed by atoms with Gasteiger partial charge in [0.05, 0.1) is 18.3 Å². The van der Waals surface area contributed by atoms with Crippen LogP contribution in [0.1, 0.15) is 64.2 Å². The van der Waals surface area contributed by atoms with E-state index in [0.717, 1.165) is 19.0 Å². The minimum atomic E-state index is -1.03. The first kappa shape index (κ1) is 30.0. The molecular weight excluding hydrogens is 444 g/mol. The summed E-state index contributed by atoms with van der Waals surface area (Å²) in [7, 11) is 0. The largest absolute Gasteiger partial charge is 0.392 e. The molecule has 0 aromatic heterocycles. The van der Waals surface area contributed by atoms with Gasteiger partial charge in [-0.3, -0.25) is 0 Å². The average molecular weight is 483 g/mol. The molecule has 0 spiro atoms. The lowest BCUT2D eigenvalue weighted by Gasteiger charge is -2.31. The van der Waals surface area contributed by atoms with Crippen LogP contribution < -0.4 is 0 Å². The van der Waals surface area contributed by atoms with Gasteiger partial charge in [0, 0.05) is 30.1 Å². The summed E-state index contributed by atoms with van der Waals surface area (Å²) in [5, 5.41) is 30.1. The van der Waals surface area contributed by atoms with E-state index in [1.54, 1.807) is 12.2 Å². The van der Waals surface area contributed by atoms with Crippen LogP contribution in [0, 0.1) is 23.7 Å². The van der Waals surface area contributed by atoms with Gasteiger partial charge >= 0.3 is 0 Å². The Bertz CT molecular complexity index is 650. The molecule has 3 N–H and O–H groups in total. The summed E-state index contributed by atoms with van der Waals surface area (Å²) in [5.74, 6) is -2.56. The number of hydrogen-bond acceptors (Lipinski definition) is 9. The predicted octanol–water partition coefficient (Wildman–Crippen LogP) is 1.34. The Morgan fingerprint density at radius 3 is 2.15 bits per heavy atom. The molecule has 1 heterocycles. The molecule has 0 radical (unpaired) electrons. The van der Waals surface area contributed by atoms with E-state index in [9.17, 15) is 39.3 Å². The van der Waals surface area contributed by atoms with Crippen molar-refractivity contribution in [3.8, 4) is 0 Å². The lowest BCUT2D eigenvalue weighted by molar-refractivity contribution is -0.178. The molecule has 0 aromatic carbocycles. The smallest absolute Gasteiger partial charge is 0.154 e. The second-order valence-corrected chi connectivity index (χ2v) is 8.97. The monoisotopic (exact) mass is 482 g/mol. The van der Waals surface area contributed by atoms with Gasteiger partial charge in [0.25, 0.3) is 0 Å². The van der Waals surface area contributed by atoms with Crippen LogP contribution in [0.5, 0.6) is 0 Å². The van der Waals surface area contributed by atoms with Gasteiger partial charge in [-0.15, -0.1) is 0 Å². The summed E-state index contributed by atoms with van der Waals surface area (Å²) in [5.41, 5.74) is 0. The SMILES string of the molecule is O=CCCCC(O)C(C=O)CCC(O)C(C=O)C/C=C/C(C=O)CC(C=O)C1CCCC(O)O1. The van der Waals surface area contributed by atoms with Crippen molar-refractivity contribution in [2.24, 2.45) is 23.7 Å². The quantitative estimate of drug-likeness (QED) is 0.140. The first-order valence-electron chi connectivity index (χ1n) is 12.0. The van der Waals surface area contributed by atoms with Crippen LogP contribution in [0.15, 0.2) is 12.2 Å². The highest BCUT2D eigenvalue weighted by Gasteiger charge is 2.29. The zero-order valence-electron chi connectivity index (χ0n) is 19.5. The highest BCUT2D eigenvalue weighted by Crippen LogP contribution is 2.27. The highest BCUT2D eigenvalue weighted by atomic mass is 16.6. The van der Waals surface area contributed by atoms with Gasteiger partial charge in [-0.05, 0) is 57.8 Å². The standard InChI is InChI=1S/C25H38O9/c26-12-2-1-7-22(31)20(16-29)10-11-23(32)19(15-28)6-3-5-18(14-27)13-21(17-30)24-8-4-9-25(33)34-24/h3,5,12,14-25,31-33H,1-2,4,6-11,13H2/b5-3+. The van der Waals surface area contributed by atoms with E-state index in [4.69, 9.17) is 4.74 Å². The number of carbonyl (C=O) groups excluding carboxylic acids is 5. The number of rotatable bonds is 19. The fraction of sp³-hybridized carbons (Fsp3) is 0.720. The second-order valence-electron chi connectivity index (χ2n) is 8.97. The third kappa shape index (κ3) is 10.9. The Kier molecular flexibility index (Phi) is 15.3. The normalized spacial score (nSPS) is 23.9. The number of unbranched alkanes of at least 4 members (excludes halogenated alkanes) is 1. The fourth-order valence-electron chi connectivity index (χ4n) is 4.20. The maximum absolute atomic E-state index is 11.5. The van der Waals surface area contributed by atoms with Crippen molar-refractivity contribution < 1.29 is 44.0 Å². The van der Waals surface area contributed by atoms with E-state index in [1.807, 2.05) is 0 Å². The van der Waals surface area contributed by atoms with Crippen LogP contribution in [0.2, 0.25) is 0 Å². The van der Waals surface area contributed by atoms with Crippen LogP contribution in [-0.2, 0) is 28.7 Å². The molecule has 9 heteroatoms. The summed E-state index contributed by atoms with van der Waals surface area (Å²) in [6.45, 7) is 0. The summed E-state index contributed by atoms with van der Waals surface area (Å²) in [6.07, 6.45) is 7.04. The van der Waals surface area contributed by atoms with Gasteiger partial charge < -0.3 is 44.0 Å². The Morgan fingerprint density at radius 2 is 1.56 bits per heavy atom. The number of hydrogen-bond donors (Lipinski definition) is 3. The molecule has 0 aliphatic carbocycles. The Morgan fingerprint density at radius 1 is 0.853 bits per heavy atom. The van der Waals surface area contributed by atoms with Crippen molar-refractivity contribution in [3.05, 3.63) is 12.2 Å². The first-order valence-corrected chi connectivity index (χ1v) is 12.0. The van der Waals surface area contributed by atoms with Gasteiger partial charge in [-0.2, -0.15) is 0 Å². The molecule has 0 bridgehead atoms. The predicted molar refractivity (Wildman–Crippen MR) is 122 cm³/mol. The molecule has 34 heavy (non-hydrogen) atoms. The number of aliphatic hydroxyl groups excluding tert-OH is 3. The van der Waals surface area contributed by atoms with Gasteiger partial charge in [0.2, 0.25) is 0 Å². The zero-order valence-corrected chi connectivity index (χ0v) is 19.5. The summed E-state index contributed by atoms with van der Waals surface area (Å²) in [4.78, 5) is 56.1. The number of aliphatic hydroxyl groups is 3. The Balaban J connectivity index is 2.55. The van der Waals surface area contributed by atoms with E-state index in [1.165, 1.54) is 0 Å². The number of allylic oxidation sites excluding steroid dienone is 2. The van der Waals surface area contributed by atoms with Crippen LogP contribution in [0.25, 0.3) is 0 Å². The maximum atomic E-state index is 11.5. The van der Waals surface area contributed by atoms with Crippen molar-refractivity contribution in [2.45, 2.75) is 88.8 Å². The Labute approximate surface area is 200 Å². The molecule has 1 fully saturated rings. The van der Waals surface area contributed by atoms with Crippen molar-refractivity contribution in [3.63, 3.8) is 0 Å². The van der Waals surface area contributed by atoms with Crippen molar-refractivity contribution in [1.82, 2.24) is 0 Å². The van der Waals surface area contributed by atoms with Crippen LogP contribution in [0.4, 0.5) is 0 Å². The zero-order chi connectivity index (χ0) is 25.3. The molecule has 0 amide bonds. The molecule has 8 unspecified atom stereocenters. The molecule has 0 saturated carbocycles. The van der Waals surface area contributed by atoms with E-state index < -0.39 is 48.3 Å². The summed E-state index contributed by atoms with van der Waals surface area (Å²) >= 11 is 0. The minimum Gasteiger partial charge on any atom is -0.392 e. The van der Waals surface area contributed by atoms with E-state index >= 15 is 0 Å². The molecule has 1 saturated heterocycles. The molecule has 1 aliphatic rings. The first-order chi connectivity index (χ1) is 16.4. The van der Waals surface area contributed by atoms with Crippen LogP contribution in [-0.4, -0.2) is 71.4 Å². The lowest BCUT2D eigenvalue weighted by Crippen LogP contribution is -2.35. The van der Waals surface area contributed by atoms with Crippen molar-refractivity contribution in [2.75, 3.05) is 0 Å². The molecule has 1 rings (SSSR count). The minimum absolute atomic E-state index is 0.136. The number of carbonyl (C=O) groups is 5. The summed E-state index contributed by atoms with van der Waals surface area (Å²) < 4.78 is 5.42. The molecule has 9 nitrogen and oxygen atoms in total. The summed E-state index contributed by atoms with van der Waals surface area (Å²) in [6, 6.07) is 0. The highest BCUT2D eigenvalue weighted by molar-refractivity contribution is 5.60. The fourth-order valence-corrected chi connectivity index (χ4v) is 4.20. The maximum Gasteiger partial charge on any atom is 0.154 e. The molecule has 192 valence electrons. The van der Waals surface area contributed by atoms with E-state index in [2.05, 4.69) is 0 Å². The van der Waals surface area contributed by atoms with Crippen LogP contribution >= 0.6 is 0 Å². The van der Waals surface area contributed by atoms with Gasteiger partial charge in [-0.25, -0.2) is 0 Å². The number of aldehydes is 5. The third-order valence-electron chi connectivity index (χ3n) is 6.39. The van der Waals surface area contributed by atoms with Crippen molar-refractivity contribution >= 4 is 31.4 Å². The topological polar surface area (TPSA) is 155 Å². The second kappa shape index (κ2) is 17.4. The van der Waals surface area contributed by atoms with E-state index in [0.29, 0.717) is 51.0 Å². The van der Waals surface area contributed by atoms with E-state index in [-0.39, 0.29) is 25.7 Å². The Hall–Kier alpha value is -2.07. The molecule has 1 aliphatic heterocycles. The van der Waals surface area contributed by atoms with Gasteiger partial charge in [0.1, 0.15) is 31.4 Å². The molecular formula is C25H38O9. The van der Waals surface area contributed by atoms with Gasteiger partial charge in [-0.1, -0.05) is 12.2 Å². The van der Waals surface area contributed by atoms with Crippen molar-refractivity contribution in [1.29, 1.82) is 0 Å². The average Bonchev–Trinajstić information content (AvgIpc) is 2.84. The molecule has 8 atom stereocenters. The lowest BCUT2D eigenvalue weighted by atomic mass is 9.87. The molecule has 0 aromatic rings. The number of ether oxygens (including phenoxy) is 1.